The van der Waals surface area contributed by atoms with Crippen LogP contribution in [-0.4, -0.2) is 9.91 Å². The van der Waals surface area contributed by atoms with Gasteiger partial charge >= 0.3 is 0 Å². The third-order valence-electron chi connectivity index (χ3n) is 3.84. The molecule has 0 aliphatic heterocycles. The van der Waals surface area contributed by atoms with Crippen LogP contribution in [-0.2, 0) is 0 Å². The predicted molar refractivity (Wildman–Crippen MR) is 95.9 cm³/mol. The third kappa shape index (κ3) is 3.31. The number of nitro benzene ring substituents is 1. The fraction of sp³-hybridized carbons (Fsp3) is 0.0526. The van der Waals surface area contributed by atoms with Crippen molar-refractivity contribution < 1.29 is 4.92 Å². The van der Waals surface area contributed by atoms with Crippen LogP contribution in [0.25, 0.3) is 22.6 Å². The van der Waals surface area contributed by atoms with Crippen molar-refractivity contribution in [3.63, 3.8) is 0 Å². The second kappa shape index (κ2) is 6.42. The van der Waals surface area contributed by atoms with Crippen molar-refractivity contribution in [3.05, 3.63) is 85.7 Å². The van der Waals surface area contributed by atoms with Crippen molar-refractivity contribution in [2.75, 3.05) is 0 Å². The van der Waals surface area contributed by atoms with E-state index < -0.39 is 4.92 Å². The molecule has 0 unspecified atom stereocenters. The Morgan fingerprint density at radius 3 is 2.56 bits per heavy atom. The predicted octanol–water partition coefficient (Wildman–Crippen LogP) is 3.81. The number of nitro groups is 1. The zero-order chi connectivity index (χ0) is 18.0. The summed E-state index contributed by atoms with van der Waals surface area (Å²) in [6.45, 7) is 1.96. The minimum absolute atomic E-state index is 0.0555. The molecule has 0 spiro atoms. The molecule has 1 aromatic heterocycles. The second-order valence-corrected chi connectivity index (χ2v) is 5.62. The number of aromatic amines is 1. The van der Waals surface area contributed by atoms with E-state index in [0.29, 0.717) is 11.1 Å². The van der Waals surface area contributed by atoms with Crippen molar-refractivity contribution in [1.29, 1.82) is 5.26 Å². The molecule has 0 radical (unpaired) electrons. The Balaban J connectivity index is 2.09. The summed E-state index contributed by atoms with van der Waals surface area (Å²) in [4.78, 5) is 25.3. The number of pyridine rings is 1. The summed E-state index contributed by atoms with van der Waals surface area (Å²) in [5, 5.41) is 21.0. The highest BCUT2D eigenvalue weighted by Crippen LogP contribution is 2.21. The van der Waals surface area contributed by atoms with Gasteiger partial charge in [-0.1, -0.05) is 11.6 Å². The van der Waals surface area contributed by atoms with Gasteiger partial charge in [0.2, 0.25) is 0 Å². The fourth-order valence-corrected chi connectivity index (χ4v) is 2.55. The minimum atomic E-state index is -0.504. The molecule has 6 heteroatoms. The number of non-ortho nitro benzene ring substituents is 1. The van der Waals surface area contributed by atoms with Gasteiger partial charge in [-0.05, 0) is 54.3 Å². The topological polar surface area (TPSA) is 99.8 Å². The number of aromatic nitrogens is 1. The van der Waals surface area contributed by atoms with Crippen molar-refractivity contribution in [2.24, 2.45) is 0 Å². The van der Waals surface area contributed by atoms with E-state index in [-0.39, 0.29) is 16.8 Å². The first kappa shape index (κ1) is 16.1. The number of allylic oxidation sites excluding steroid dienone is 1. The molecule has 122 valence electrons. The van der Waals surface area contributed by atoms with Gasteiger partial charge in [-0.3, -0.25) is 14.9 Å². The second-order valence-electron chi connectivity index (χ2n) is 5.62. The van der Waals surface area contributed by atoms with Crippen LogP contribution in [0.15, 0.2) is 53.3 Å². The summed E-state index contributed by atoms with van der Waals surface area (Å²) >= 11 is 0. The summed E-state index contributed by atoms with van der Waals surface area (Å²) < 4.78 is 0. The van der Waals surface area contributed by atoms with Crippen LogP contribution < -0.4 is 5.56 Å². The molecule has 0 saturated heterocycles. The van der Waals surface area contributed by atoms with Gasteiger partial charge in [0, 0.05) is 23.2 Å². The van der Waals surface area contributed by atoms with E-state index in [1.165, 1.54) is 30.3 Å². The third-order valence-corrected chi connectivity index (χ3v) is 3.84. The molecule has 0 amide bonds. The highest BCUT2D eigenvalue weighted by molar-refractivity contribution is 5.91. The summed E-state index contributed by atoms with van der Waals surface area (Å²) in [6.07, 6.45) is 1.49. The van der Waals surface area contributed by atoms with Crippen molar-refractivity contribution in [1.82, 2.24) is 4.98 Å². The standard InChI is InChI=1S/C19H13N3O3/c1-12-2-7-18-14(8-12)9-15(19(23)21-18)10-16(11-20)13-3-5-17(6-4-13)22(24)25/h2-10H,1H3,(H,21,23)/b16-10+. The number of nitrogens with one attached hydrogen (secondary N) is 1. The van der Waals surface area contributed by atoms with Gasteiger partial charge in [-0.2, -0.15) is 5.26 Å². The number of H-pyrrole nitrogens is 1. The Morgan fingerprint density at radius 2 is 1.92 bits per heavy atom. The zero-order valence-electron chi connectivity index (χ0n) is 13.3. The van der Waals surface area contributed by atoms with Gasteiger partial charge in [-0.25, -0.2) is 0 Å². The monoisotopic (exact) mass is 331 g/mol. The van der Waals surface area contributed by atoms with E-state index >= 15 is 0 Å². The van der Waals surface area contributed by atoms with Crippen LogP contribution >= 0.6 is 0 Å². The summed E-state index contributed by atoms with van der Waals surface area (Å²) in [5.74, 6) is 0. The number of fused-ring (bicyclic) bond motifs is 1. The molecule has 6 nitrogen and oxygen atoms in total. The van der Waals surface area contributed by atoms with Crippen LogP contribution in [0.2, 0.25) is 0 Å². The van der Waals surface area contributed by atoms with E-state index in [0.717, 1.165) is 16.5 Å². The fourth-order valence-electron chi connectivity index (χ4n) is 2.55. The highest BCUT2D eigenvalue weighted by atomic mass is 16.6. The Hall–Kier alpha value is -3.72. The van der Waals surface area contributed by atoms with Crippen LogP contribution in [0, 0.1) is 28.4 Å². The Bertz CT molecular complexity index is 1100. The lowest BCUT2D eigenvalue weighted by Gasteiger charge is -2.03. The maximum atomic E-state index is 12.2. The zero-order valence-corrected chi connectivity index (χ0v) is 13.3. The normalized spacial score (nSPS) is 11.3. The smallest absolute Gasteiger partial charge is 0.269 e. The largest absolute Gasteiger partial charge is 0.321 e. The molecule has 1 heterocycles. The highest BCUT2D eigenvalue weighted by Gasteiger charge is 2.08. The molecule has 3 aromatic rings. The van der Waals surface area contributed by atoms with Crippen LogP contribution in [0.4, 0.5) is 5.69 Å². The van der Waals surface area contributed by atoms with E-state index in [4.69, 9.17) is 0 Å². The number of rotatable bonds is 3. The Morgan fingerprint density at radius 1 is 1.20 bits per heavy atom. The summed E-state index contributed by atoms with van der Waals surface area (Å²) in [6, 6.07) is 15.1. The summed E-state index contributed by atoms with van der Waals surface area (Å²) in [5.41, 5.74) is 2.55. The molecular formula is C19H13N3O3. The van der Waals surface area contributed by atoms with Crippen molar-refractivity contribution in [2.45, 2.75) is 6.92 Å². The molecule has 2 aromatic carbocycles. The number of aryl methyl sites for hydroxylation is 1. The minimum Gasteiger partial charge on any atom is -0.321 e. The summed E-state index contributed by atoms with van der Waals surface area (Å²) in [7, 11) is 0. The Kier molecular flexibility index (Phi) is 4.14. The van der Waals surface area contributed by atoms with E-state index in [2.05, 4.69) is 4.98 Å². The molecule has 0 fully saturated rings. The maximum absolute atomic E-state index is 12.2. The van der Waals surface area contributed by atoms with E-state index in [1.54, 1.807) is 6.07 Å². The number of hydrogen-bond acceptors (Lipinski definition) is 4. The van der Waals surface area contributed by atoms with Gasteiger partial charge in [0.05, 0.1) is 16.6 Å². The van der Waals surface area contributed by atoms with E-state index in [9.17, 15) is 20.2 Å². The van der Waals surface area contributed by atoms with Crippen LogP contribution in [0.1, 0.15) is 16.7 Å². The quantitative estimate of drug-likeness (QED) is 0.448. The molecule has 0 aliphatic carbocycles. The average Bonchev–Trinajstić information content (AvgIpc) is 2.60. The molecule has 0 bridgehead atoms. The SMILES string of the molecule is Cc1ccc2[nH]c(=O)c(/C=C(\C#N)c3ccc([N+](=O)[O-])cc3)cc2c1. The molecule has 25 heavy (non-hydrogen) atoms. The molecule has 1 N–H and O–H groups in total. The van der Waals surface area contributed by atoms with E-state index in [1.807, 2.05) is 31.2 Å². The lowest BCUT2D eigenvalue weighted by Crippen LogP contribution is -2.09. The van der Waals surface area contributed by atoms with Crippen LogP contribution in [0.3, 0.4) is 0 Å². The first-order valence-corrected chi connectivity index (χ1v) is 7.48. The molecular weight excluding hydrogens is 318 g/mol. The molecule has 3 rings (SSSR count). The van der Waals surface area contributed by atoms with Gasteiger partial charge in [0.1, 0.15) is 0 Å². The molecule has 0 atom stereocenters. The van der Waals surface area contributed by atoms with Gasteiger partial charge in [0.15, 0.2) is 0 Å². The van der Waals surface area contributed by atoms with Gasteiger partial charge in [-0.15, -0.1) is 0 Å². The lowest BCUT2D eigenvalue weighted by atomic mass is 10.0. The van der Waals surface area contributed by atoms with Crippen molar-refractivity contribution in [3.8, 4) is 6.07 Å². The number of hydrogen-bond donors (Lipinski definition) is 1. The average molecular weight is 331 g/mol. The Labute approximate surface area is 142 Å². The van der Waals surface area contributed by atoms with Crippen molar-refractivity contribution >= 4 is 28.2 Å². The number of benzene rings is 2. The molecule has 0 aliphatic rings. The number of nitriles is 1. The maximum Gasteiger partial charge on any atom is 0.269 e. The molecule has 0 saturated carbocycles. The lowest BCUT2D eigenvalue weighted by molar-refractivity contribution is -0.384. The first-order valence-electron chi connectivity index (χ1n) is 7.48. The van der Waals surface area contributed by atoms with Gasteiger partial charge < -0.3 is 4.98 Å². The first-order chi connectivity index (χ1) is 12.0. The number of nitrogens with zero attached hydrogens (tertiary/aromatic N) is 2. The van der Waals surface area contributed by atoms with Crippen LogP contribution in [0.5, 0.6) is 0 Å². The van der Waals surface area contributed by atoms with Gasteiger partial charge in [0.25, 0.3) is 11.2 Å².